The van der Waals surface area contributed by atoms with Crippen molar-refractivity contribution in [2.45, 2.75) is 0 Å². The molecule has 0 spiro atoms. The number of halogens is 2. The number of nitrogens with zero attached hydrogens (tertiary/aromatic N) is 2. The summed E-state index contributed by atoms with van der Waals surface area (Å²) in [7, 11) is 0. The Labute approximate surface area is 128 Å². The van der Waals surface area contributed by atoms with Crippen LogP contribution >= 0.6 is 23.2 Å². The van der Waals surface area contributed by atoms with E-state index in [2.05, 4.69) is 10.3 Å². The van der Waals surface area contributed by atoms with Crippen LogP contribution in [0.2, 0.25) is 10.2 Å². The standard InChI is InChI=1S/C12H8Cl2N4O3/c13-8-2-1-7(5-9(8)18(20)21)16-12(19)6-3-10(14)17-11(15)4-6/h1-5H,(H2,15,17)(H,16,19). The van der Waals surface area contributed by atoms with E-state index < -0.39 is 10.8 Å². The smallest absolute Gasteiger partial charge is 0.289 e. The van der Waals surface area contributed by atoms with Crippen molar-refractivity contribution in [1.29, 1.82) is 0 Å². The Balaban J connectivity index is 2.27. The molecule has 0 atom stereocenters. The fourth-order valence-electron chi connectivity index (χ4n) is 1.58. The number of aromatic nitrogens is 1. The monoisotopic (exact) mass is 326 g/mol. The van der Waals surface area contributed by atoms with Crippen molar-refractivity contribution in [2.24, 2.45) is 0 Å². The molecule has 21 heavy (non-hydrogen) atoms. The molecule has 2 aromatic rings. The third-order valence-corrected chi connectivity index (χ3v) is 2.99. The van der Waals surface area contributed by atoms with E-state index in [9.17, 15) is 14.9 Å². The van der Waals surface area contributed by atoms with Gasteiger partial charge in [-0.1, -0.05) is 23.2 Å². The van der Waals surface area contributed by atoms with Gasteiger partial charge in [-0.15, -0.1) is 0 Å². The minimum Gasteiger partial charge on any atom is -0.384 e. The molecule has 0 saturated carbocycles. The molecule has 1 heterocycles. The summed E-state index contributed by atoms with van der Waals surface area (Å²) < 4.78 is 0. The second kappa shape index (κ2) is 5.94. The number of nitrogens with one attached hydrogen (secondary N) is 1. The Morgan fingerprint density at radius 2 is 2.00 bits per heavy atom. The van der Waals surface area contributed by atoms with Crippen LogP contribution in [0.5, 0.6) is 0 Å². The molecule has 0 saturated heterocycles. The minimum atomic E-state index is -0.640. The van der Waals surface area contributed by atoms with Crippen LogP contribution in [0.25, 0.3) is 0 Å². The van der Waals surface area contributed by atoms with Gasteiger partial charge in [0.05, 0.1) is 4.92 Å². The van der Waals surface area contributed by atoms with Gasteiger partial charge in [-0.25, -0.2) is 4.98 Å². The number of nitro groups is 1. The van der Waals surface area contributed by atoms with Crippen LogP contribution in [-0.4, -0.2) is 15.8 Å². The highest BCUT2D eigenvalue weighted by Crippen LogP contribution is 2.27. The van der Waals surface area contributed by atoms with Gasteiger partial charge in [-0.2, -0.15) is 0 Å². The Morgan fingerprint density at radius 3 is 2.62 bits per heavy atom. The molecular formula is C12H8Cl2N4O3. The van der Waals surface area contributed by atoms with Crippen LogP contribution in [0.3, 0.4) is 0 Å². The molecule has 0 unspecified atom stereocenters. The molecule has 1 aromatic heterocycles. The van der Waals surface area contributed by atoms with Gasteiger partial charge in [0.1, 0.15) is 16.0 Å². The molecule has 2 rings (SSSR count). The third kappa shape index (κ3) is 3.59. The lowest BCUT2D eigenvalue weighted by Gasteiger charge is -2.06. The number of hydrogen-bond acceptors (Lipinski definition) is 5. The first-order valence-electron chi connectivity index (χ1n) is 5.55. The molecule has 0 aliphatic carbocycles. The Morgan fingerprint density at radius 1 is 1.29 bits per heavy atom. The minimum absolute atomic E-state index is 0.0193. The van der Waals surface area contributed by atoms with Gasteiger partial charge >= 0.3 is 0 Å². The number of pyridine rings is 1. The van der Waals surface area contributed by atoms with E-state index in [1.54, 1.807) is 0 Å². The Bertz CT molecular complexity index is 716. The molecule has 7 nitrogen and oxygen atoms in total. The number of nitrogens with two attached hydrogens (primary N) is 1. The zero-order valence-corrected chi connectivity index (χ0v) is 11.9. The number of nitro benzene ring substituents is 1. The fraction of sp³-hybridized carbons (Fsp3) is 0. The van der Waals surface area contributed by atoms with Crippen LogP contribution in [0.4, 0.5) is 17.2 Å². The van der Waals surface area contributed by atoms with Gasteiger partial charge in [0, 0.05) is 17.3 Å². The van der Waals surface area contributed by atoms with E-state index in [4.69, 9.17) is 28.9 Å². The van der Waals surface area contributed by atoms with Gasteiger partial charge in [0.2, 0.25) is 0 Å². The van der Waals surface area contributed by atoms with Crippen molar-refractivity contribution in [3.05, 3.63) is 56.2 Å². The molecule has 0 fully saturated rings. The maximum Gasteiger partial charge on any atom is 0.289 e. The first-order valence-corrected chi connectivity index (χ1v) is 6.31. The highest BCUT2D eigenvalue weighted by molar-refractivity contribution is 6.32. The first-order chi connectivity index (χ1) is 9.86. The van der Waals surface area contributed by atoms with Crippen LogP contribution in [0.1, 0.15) is 10.4 Å². The van der Waals surface area contributed by atoms with Crippen molar-refractivity contribution in [1.82, 2.24) is 4.98 Å². The van der Waals surface area contributed by atoms with Crippen LogP contribution in [0.15, 0.2) is 30.3 Å². The summed E-state index contributed by atoms with van der Waals surface area (Å²) in [4.78, 5) is 25.9. The van der Waals surface area contributed by atoms with Gasteiger partial charge in [-0.3, -0.25) is 14.9 Å². The predicted octanol–water partition coefficient (Wildman–Crippen LogP) is 3.13. The number of rotatable bonds is 3. The molecule has 0 aliphatic rings. The lowest BCUT2D eigenvalue weighted by atomic mass is 10.2. The number of anilines is 2. The first kappa shape index (κ1) is 15.0. The number of hydrogen-bond donors (Lipinski definition) is 2. The van der Waals surface area contributed by atoms with Gasteiger partial charge in [-0.05, 0) is 24.3 Å². The summed E-state index contributed by atoms with van der Waals surface area (Å²) in [5.41, 5.74) is 5.60. The Kier molecular flexibility index (Phi) is 4.25. The van der Waals surface area contributed by atoms with E-state index in [0.29, 0.717) is 0 Å². The van der Waals surface area contributed by atoms with Crippen molar-refractivity contribution >= 4 is 46.3 Å². The maximum absolute atomic E-state index is 12.0. The summed E-state index contributed by atoms with van der Waals surface area (Å²) >= 11 is 11.4. The normalized spacial score (nSPS) is 10.2. The number of amides is 1. The summed E-state index contributed by atoms with van der Waals surface area (Å²) in [6.45, 7) is 0. The lowest BCUT2D eigenvalue weighted by molar-refractivity contribution is -0.384. The molecule has 0 radical (unpaired) electrons. The molecule has 1 aromatic carbocycles. The van der Waals surface area contributed by atoms with Crippen LogP contribution in [-0.2, 0) is 0 Å². The number of carbonyl (C=O) groups excluding carboxylic acids is 1. The average Bonchev–Trinajstić information content (AvgIpc) is 2.39. The number of benzene rings is 1. The quantitative estimate of drug-likeness (QED) is 0.511. The third-order valence-electron chi connectivity index (χ3n) is 2.48. The lowest BCUT2D eigenvalue weighted by Crippen LogP contribution is -2.13. The molecule has 0 bridgehead atoms. The van der Waals surface area contributed by atoms with E-state index in [1.165, 1.54) is 24.3 Å². The molecule has 9 heteroatoms. The highest BCUT2D eigenvalue weighted by Gasteiger charge is 2.15. The van der Waals surface area contributed by atoms with Crippen molar-refractivity contribution in [3.8, 4) is 0 Å². The van der Waals surface area contributed by atoms with Gasteiger partial charge in [0.25, 0.3) is 11.6 Å². The zero-order chi connectivity index (χ0) is 15.6. The molecule has 108 valence electrons. The fourth-order valence-corrected chi connectivity index (χ4v) is 1.98. The maximum atomic E-state index is 12.0. The zero-order valence-electron chi connectivity index (χ0n) is 10.3. The molecule has 0 aliphatic heterocycles. The van der Waals surface area contributed by atoms with E-state index in [0.717, 1.165) is 6.07 Å². The highest BCUT2D eigenvalue weighted by atomic mass is 35.5. The van der Waals surface area contributed by atoms with Gasteiger partial charge < -0.3 is 11.1 Å². The van der Waals surface area contributed by atoms with Crippen molar-refractivity contribution in [2.75, 3.05) is 11.1 Å². The molecular weight excluding hydrogens is 319 g/mol. The van der Waals surface area contributed by atoms with Crippen molar-refractivity contribution in [3.63, 3.8) is 0 Å². The summed E-state index contributed by atoms with van der Waals surface area (Å²) in [5.74, 6) is -0.433. The van der Waals surface area contributed by atoms with Crippen LogP contribution in [0, 0.1) is 10.1 Å². The molecule has 1 amide bonds. The Hall–Kier alpha value is -2.38. The average molecular weight is 327 g/mol. The predicted molar refractivity (Wildman–Crippen MR) is 79.7 cm³/mol. The summed E-state index contributed by atoms with van der Waals surface area (Å²) in [6.07, 6.45) is 0. The van der Waals surface area contributed by atoms with E-state index >= 15 is 0 Å². The largest absolute Gasteiger partial charge is 0.384 e. The second-order valence-electron chi connectivity index (χ2n) is 3.98. The number of nitrogen functional groups attached to an aromatic ring is 1. The summed E-state index contributed by atoms with van der Waals surface area (Å²) in [6, 6.07) is 6.60. The topological polar surface area (TPSA) is 111 Å². The summed E-state index contributed by atoms with van der Waals surface area (Å²) in [5, 5.41) is 13.3. The second-order valence-corrected chi connectivity index (χ2v) is 4.78. The van der Waals surface area contributed by atoms with E-state index in [-0.39, 0.29) is 32.9 Å². The SMILES string of the molecule is Nc1cc(C(=O)Nc2ccc(Cl)c([N+](=O)[O-])c2)cc(Cl)n1. The van der Waals surface area contributed by atoms with E-state index in [1.807, 2.05) is 0 Å². The van der Waals surface area contributed by atoms with Gasteiger partial charge in [0.15, 0.2) is 0 Å². The number of carbonyl (C=O) groups is 1. The van der Waals surface area contributed by atoms with Crippen molar-refractivity contribution < 1.29 is 9.72 Å². The van der Waals surface area contributed by atoms with Crippen LogP contribution < -0.4 is 11.1 Å². The molecule has 3 N–H and O–H groups in total.